The van der Waals surface area contributed by atoms with Crippen molar-refractivity contribution in [3.05, 3.63) is 60.0 Å². The molecule has 3 nitrogen and oxygen atoms in total. The van der Waals surface area contributed by atoms with Gasteiger partial charge < -0.3 is 5.32 Å². The maximum absolute atomic E-state index is 13.2. The summed E-state index contributed by atoms with van der Waals surface area (Å²) in [4.78, 5) is 0. The molecule has 0 unspecified atom stereocenters. The minimum absolute atomic E-state index is 0.215. The Hall–Kier alpha value is -2.36. The van der Waals surface area contributed by atoms with Crippen molar-refractivity contribution in [1.82, 2.24) is 9.78 Å². The molecule has 0 saturated carbocycles. The molecule has 3 rings (SSSR count). The van der Waals surface area contributed by atoms with Gasteiger partial charge >= 0.3 is 0 Å². The Morgan fingerprint density at radius 2 is 2.05 bits per heavy atom. The molecule has 0 aliphatic carbocycles. The second kappa shape index (κ2) is 5.56. The molecular weight excluding hydrogens is 265 g/mol. The molecule has 0 aliphatic rings. The van der Waals surface area contributed by atoms with Crippen LogP contribution in [-0.2, 0) is 6.54 Å². The molecule has 0 atom stereocenters. The van der Waals surface area contributed by atoms with Gasteiger partial charge in [0.05, 0.1) is 18.3 Å². The SMILES string of the molecule is CC(C)Nc1ccc2c(cnn2Cc2cccc(F)c2)c1. The summed E-state index contributed by atoms with van der Waals surface area (Å²) in [6.45, 7) is 4.79. The van der Waals surface area contributed by atoms with Crippen LogP contribution >= 0.6 is 0 Å². The van der Waals surface area contributed by atoms with Gasteiger partial charge in [-0.25, -0.2) is 4.39 Å². The predicted molar refractivity (Wildman–Crippen MR) is 84.0 cm³/mol. The zero-order chi connectivity index (χ0) is 14.8. The highest BCUT2D eigenvalue weighted by Crippen LogP contribution is 2.20. The van der Waals surface area contributed by atoms with E-state index < -0.39 is 0 Å². The Bertz CT molecular complexity index is 762. The van der Waals surface area contributed by atoms with Crippen LogP contribution in [0.1, 0.15) is 19.4 Å². The first-order chi connectivity index (χ1) is 10.1. The lowest BCUT2D eigenvalue weighted by atomic mass is 10.2. The fourth-order valence-corrected chi connectivity index (χ4v) is 2.44. The summed E-state index contributed by atoms with van der Waals surface area (Å²) < 4.78 is 15.1. The fourth-order valence-electron chi connectivity index (χ4n) is 2.44. The van der Waals surface area contributed by atoms with Crippen LogP contribution in [-0.4, -0.2) is 15.8 Å². The van der Waals surface area contributed by atoms with E-state index >= 15 is 0 Å². The first-order valence-electron chi connectivity index (χ1n) is 7.08. The Labute approximate surface area is 123 Å². The van der Waals surface area contributed by atoms with Crippen LogP contribution in [0.15, 0.2) is 48.7 Å². The van der Waals surface area contributed by atoms with E-state index in [0.717, 1.165) is 22.2 Å². The lowest BCUT2D eigenvalue weighted by molar-refractivity contribution is 0.621. The number of fused-ring (bicyclic) bond motifs is 1. The average molecular weight is 283 g/mol. The van der Waals surface area contributed by atoms with Crippen LogP contribution in [0.3, 0.4) is 0 Å². The number of nitrogens with one attached hydrogen (secondary N) is 1. The van der Waals surface area contributed by atoms with Gasteiger partial charge in [-0.15, -0.1) is 0 Å². The van der Waals surface area contributed by atoms with Gasteiger partial charge in [0.25, 0.3) is 0 Å². The van der Waals surface area contributed by atoms with Crippen molar-refractivity contribution in [3.8, 4) is 0 Å². The Morgan fingerprint density at radius 1 is 1.19 bits per heavy atom. The van der Waals surface area contributed by atoms with E-state index in [-0.39, 0.29) is 5.82 Å². The largest absolute Gasteiger partial charge is 0.383 e. The van der Waals surface area contributed by atoms with Crippen LogP contribution in [0.25, 0.3) is 10.9 Å². The van der Waals surface area contributed by atoms with Crippen molar-refractivity contribution in [2.24, 2.45) is 0 Å². The number of nitrogens with zero attached hydrogens (tertiary/aromatic N) is 2. The maximum Gasteiger partial charge on any atom is 0.123 e. The van der Waals surface area contributed by atoms with Crippen molar-refractivity contribution < 1.29 is 4.39 Å². The quantitative estimate of drug-likeness (QED) is 0.783. The molecule has 1 N–H and O–H groups in total. The number of hydrogen-bond acceptors (Lipinski definition) is 2. The number of anilines is 1. The molecular formula is C17H18FN3. The third kappa shape index (κ3) is 3.05. The van der Waals surface area contributed by atoms with E-state index in [1.807, 2.05) is 29.1 Å². The summed E-state index contributed by atoms with van der Waals surface area (Å²) in [7, 11) is 0. The van der Waals surface area contributed by atoms with Crippen LogP contribution in [0.2, 0.25) is 0 Å². The van der Waals surface area contributed by atoms with E-state index in [2.05, 4.69) is 30.3 Å². The fraction of sp³-hybridized carbons (Fsp3) is 0.235. The molecule has 1 heterocycles. The van der Waals surface area contributed by atoms with Crippen LogP contribution in [0, 0.1) is 5.82 Å². The summed E-state index contributed by atoms with van der Waals surface area (Å²) >= 11 is 0. The van der Waals surface area contributed by atoms with Crippen molar-refractivity contribution in [3.63, 3.8) is 0 Å². The van der Waals surface area contributed by atoms with Gasteiger partial charge in [0.15, 0.2) is 0 Å². The zero-order valence-electron chi connectivity index (χ0n) is 12.2. The predicted octanol–water partition coefficient (Wildman–Crippen LogP) is 4.04. The lowest BCUT2D eigenvalue weighted by Crippen LogP contribution is -2.09. The molecule has 2 aromatic carbocycles. The number of halogens is 1. The summed E-state index contributed by atoms with van der Waals surface area (Å²) in [5.41, 5.74) is 3.04. The minimum Gasteiger partial charge on any atom is -0.383 e. The maximum atomic E-state index is 13.2. The van der Waals surface area contributed by atoms with Gasteiger partial charge in [-0.05, 0) is 49.7 Å². The van der Waals surface area contributed by atoms with Crippen molar-refractivity contribution >= 4 is 16.6 Å². The molecule has 1 aromatic heterocycles. The van der Waals surface area contributed by atoms with Gasteiger partial charge in [0.1, 0.15) is 5.82 Å². The number of benzene rings is 2. The first kappa shape index (κ1) is 13.6. The molecule has 0 aliphatic heterocycles. The van der Waals surface area contributed by atoms with E-state index in [0.29, 0.717) is 12.6 Å². The summed E-state index contributed by atoms with van der Waals surface area (Å²) in [5, 5.41) is 8.86. The van der Waals surface area contributed by atoms with E-state index in [9.17, 15) is 4.39 Å². The zero-order valence-corrected chi connectivity index (χ0v) is 12.2. The highest BCUT2D eigenvalue weighted by atomic mass is 19.1. The van der Waals surface area contributed by atoms with Crippen molar-refractivity contribution in [1.29, 1.82) is 0 Å². The Morgan fingerprint density at radius 3 is 2.81 bits per heavy atom. The van der Waals surface area contributed by atoms with Crippen molar-refractivity contribution in [2.75, 3.05) is 5.32 Å². The number of aromatic nitrogens is 2. The third-order valence-electron chi connectivity index (χ3n) is 3.32. The topological polar surface area (TPSA) is 29.9 Å². The Kier molecular flexibility index (Phi) is 3.60. The molecule has 3 aromatic rings. The minimum atomic E-state index is -0.215. The smallest absolute Gasteiger partial charge is 0.123 e. The number of hydrogen-bond donors (Lipinski definition) is 1. The van der Waals surface area contributed by atoms with Crippen molar-refractivity contribution in [2.45, 2.75) is 26.4 Å². The van der Waals surface area contributed by atoms with E-state index in [1.165, 1.54) is 6.07 Å². The molecule has 0 radical (unpaired) electrons. The van der Waals surface area contributed by atoms with E-state index in [1.54, 1.807) is 12.1 Å². The summed E-state index contributed by atoms with van der Waals surface area (Å²) in [5.74, 6) is -0.215. The van der Waals surface area contributed by atoms with Gasteiger partial charge in [0, 0.05) is 17.1 Å². The average Bonchev–Trinajstić information content (AvgIpc) is 2.81. The second-order valence-electron chi connectivity index (χ2n) is 5.50. The lowest BCUT2D eigenvalue weighted by Gasteiger charge is -2.10. The van der Waals surface area contributed by atoms with Gasteiger partial charge in [-0.1, -0.05) is 12.1 Å². The molecule has 0 fully saturated rings. The first-order valence-corrected chi connectivity index (χ1v) is 7.08. The molecule has 0 saturated heterocycles. The number of rotatable bonds is 4. The second-order valence-corrected chi connectivity index (χ2v) is 5.50. The van der Waals surface area contributed by atoms with Gasteiger partial charge in [-0.3, -0.25) is 4.68 Å². The van der Waals surface area contributed by atoms with Gasteiger partial charge in [0.2, 0.25) is 0 Å². The van der Waals surface area contributed by atoms with Crippen LogP contribution in [0.5, 0.6) is 0 Å². The third-order valence-corrected chi connectivity index (χ3v) is 3.32. The summed E-state index contributed by atoms with van der Waals surface area (Å²) in [6, 6.07) is 13.2. The Balaban J connectivity index is 1.90. The normalized spacial score (nSPS) is 11.2. The molecule has 0 bridgehead atoms. The van der Waals surface area contributed by atoms with E-state index in [4.69, 9.17) is 0 Å². The standard InChI is InChI=1S/C17H18FN3/c1-12(2)20-16-6-7-17-14(9-16)10-19-21(17)11-13-4-3-5-15(18)8-13/h3-10,12,20H,11H2,1-2H3. The highest BCUT2D eigenvalue weighted by Gasteiger charge is 2.05. The molecule has 0 amide bonds. The molecule has 21 heavy (non-hydrogen) atoms. The van der Waals surface area contributed by atoms with Crippen LogP contribution < -0.4 is 5.32 Å². The molecule has 108 valence electrons. The van der Waals surface area contributed by atoms with Gasteiger partial charge in [-0.2, -0.15) is 5.10 Å². The van der Waals surface area contributed by atoms with Crippen LogP contribution in [0.4, 0.5) is 10.1 Å². The molecule has 0 spiro atoms. The molecule has 4 heteroatoms. The summed E-state index contributed by atoms with van der Waals surface area (Å²) in [6.07, 6.45) is 1.85. The highest BCUT2D eigenvalue weighted by molar-refractivity contribution is 5.82. The monoisotopic (exact) mass is 283 g/mol.